The summed E-state index contributed by atoms with van der Waals surface area (Å²) >= 11 is 0. The number of ether oxygens (including phenoxy) is 1. The monoisotopic (exact) mass is 231 g/mol. The van der Waals surface area contributed by atoms with Crippen molar-refractivity contribution in [3.05, 3.63) is 30.0 Å². The zero-order chi connectivity index (χ0) is 12.3. The Morgan fingerprint density at radius 1 is 1.29 bits per heavy atom. The van der Waals surface area contributed by atoms with Crippen LogP contribution < -0.4 is 5.32 Å². The number of fused-ring (bicyclic) bond motifs is 1. The Bertz CT molecular complexity index is 554. The van der Waals surface area contributed by atoms with Crippen LogP contribution in [0.3, 0.4) is 0 Å². The molecule has 1 heterocycles. The van der Waals surface area contributed by atoms with Gasteiger partial charge in [0.25, 0.3) is 0 Å². The van der Waals surface area contributed by atoms with Crippen molar-refractivity contribution in [2.75, 3.05) is 19.0 Å². The lowest BCUT2D eigenvalue weighted by molar-refractivity contribution is -0.138. The van der Waals surface area contributed by atoms with Crippen LogP contribution in [0.1, 0.15) is 5.69 Å². The van der Waals surface area contributed by atoms with E-state index in [1.165, 1.54) is 7.11 Å². The second-order valence-corrected chi connectivity index (χ2v) is 3.61. The molecule has 0 unspecified atom stereocenters. The second kappa shape index (κ2) is 4.78. The van der Waals surface area contributed by atoms with Gasteiger partial charge < -0.3 is 10.1 Å². The molecule has 0 saturated heterocycles. The standard InChI is InChI=1S/C12H13N3O2/c1-8-9-5-3-4-6-10(9)12(15-14-8)13-7-11(16)17-2/h3-6H,7H2,1-2H3,(H,13,15). The van der Waals surface area contributed by atoms with Crippen LogP contribution >= 0.6 is 0 Å². The van der Waals surface area contributed by atoms with Gasteiger partial charge in [0.1, 0.15) is 6.54 Å². The highest BCUT2D eigenvalue weighted by Gasteiger charge is 2.07. The number of methoxy groups -OCH3 is 1. The number of aryl methyl sites for hydroxylation is 1. The Morgan fingerprint density at radius 3 is 2.71 bits per heavy atom. The van der Waals surface area contributed by atoms with Gasteiger partial charge >= 0.3 is 5.97 Å². The van der Waals surface area contributed by atoms with Crippen LogP contribution in [-0.2, 0) is 9.53 Å². The number of anilines is 1. The van der Waals surface area contributed by atoms with Gasteiger partial charge in [0.15, 0.2) is 5.82 Å². The number of hydrogen-bond donors (Lipinski definition) is 1. The maximum absolute atomic E-state index is 11.1. The third kappa shape index (κ3) is 2.33. The quantitative estimate of drug-likeness (QED) is 0.811. The topological polar surface area (TPSA) is 64.1 Å². The van der Waals surface area contributed by atoms with Gasteiger partial charge in [-0.3, -0.25) is 4.79 Å². The zero-order valence-electron chi connectivity index (χ0n) is 9.73. The van der Waals surface area contributed by atoms with Gasteiger partial charge in [-0.05, 0) is 6.92 Å². The van der Waals surface area contributed by atoms with Gasteiger partial charge in [0, 0.05) is 10.8 Å². The Morgan fingerprint density at radius 2 is 2.00 bits per heavy atom. The number of esters is 1. The van der Waals surface area contributed by atoms with Crippen molar-refractivity contribution >= 4 is 22.6 Å². The van der Waals surface area contributed by atoms with E-state index in [2.05, 4.69) is 20.3 Å². The van der Waals surface area contributed by atoms with E-state index in [9.17, 15) is 4.79 Å². The third-order valence-electron chi connectivity index (χ3n) is 2.50. The summed E-state index contributed by atoms with van der Waals surface area (Å²) in [4.78, 5) is 11.1. The Hall–Kier alpha value is -2.17. The molecule has 17 heavy (non-hydrogen) atoms. The van der Waals surface area contributed by atoms with E-state index in [1.807, 2.05) is 31.2 Å². The molecule has 1 aromatic carbocycles. The summed E-state index contributed by atoms with van der Waals surface area (Å²) in [6, 6.07) is 7.78. The lowest BCUT2D eigenvalue weighted by atomic mass is 10.1. The smallest absolute Gasteiger partial charge is 0.325 e. The molecule has 0 amide bonds. The van der Waals surface area contributed by atoms with Gasteiger partial charge in [-0.2, -0.15) is 5.10 Å². The Kier molecular flexibility index (Phi) is 3.18. The average molecular weight is 231 g/mol. The van der Waals surface area contributed by atoms with Crippen LogP contribution in [0.15, 0.2) is 24.3 Å². The fourth-order valence-corrected chi connectivity index (χ4v) is 1.60. The van der Waals surface area contributed by atoms with Crippen LogP contribution in [0.2, 0.25) is 0 Å². The van der Waals surface area contributed by atoms with E-state index in [4.69, 9.17) is 0 Å². The number of rotatable bonds is 3. The maximum atomic E-state index is 11.1. The highest BCUT2D eigenvalue weighted by Crippen LogP contribution is 2.21. The van der Waals surface area contributed by atoms with Crippen molar-refractivity contribution in [2.45, 2.75) is 6.92 Å². The summed E-state index contributed by atoms with van der Waals surface area (Å²) in [5.41, 5.74) is 0.865. The molecule has 2 rings (SSSR count). The molecule has 2 aromatic rings. The molecular formula is C12H13N3O2. The number of aromatic nitrogens is 2. The van der Waals surface area contributed by atoms with Crippen molar-refractivity contribution in [1.82, 2.24) is 10.2 Å². The van der Waals surface area contributed by atoms with E-state index < -0.39 is 0 Å². The molecule has 0 atom stereocenters. The van der Waals surface area contributed by atoms with E-state index in [0.29, 0.717) is 5.82 Å². The van der Waals surface area contributed by atoms with Crippen LogP contribution in [0.4, 0.5) is 5.82 Å². The number of hydrogen-bond acceptors (Lipinski definition) is 5. The first-order chi connectivity index (χ1) is 8.22. The fraction of sp³-hybridized carbons (Fsp3) is 0.250. The molecule has 0 radical (unpaired) electrons. The summed E-state index contributed by atoms with van der Waals surface area (Å²) in [6.07, 6.45) is 0. The predicted molar refractivity (Wildman–Crippen MR) is 64.8 cm³/mol. The molecule has 0 spiro atoms. The molecule has 88 valence electrons. The SMILES string of the molecule is COC(=O)CNc1nnc(C)c2ccccc12. The Balaban J connectivity index is 2.35. The minimum atomic E-state index is -0.337. The lowest BCUT2D eigenvalue weighted by Crippen LogP contribution is -2.16. The third-order valence-corrected chi connectivity index (χ3v) is 2.50. The lowest BCUT2D eigenvalue weighted by Gasteiger charge is -2.08. The average Bonchev–Trinajstić information content (AvgIpc) is 2.38. The summed E-state index contributed by atoms with van der Waals surface area (Å²) in [6.45, 7) is 1.98. The van der Waals surface area contributed by atoms with Gasteiger partial charge in [0.2, 0.25) is 0 Å². The van der Waals surface area contributed by atoms with Crippen LogP contribution in [-0.4, -0.2) is 29.8 Å². The van der Waals surface area contributed by atoms with Crippen LogP contribution in [0.5, 0.6) is 0 Å². The van der Waals surface area contributed by atoms with Crippen molar-refractivity contribution in [3.8, 4) is 0 Å². The largest absolute Gasteiger partial charge is 0.468 e. The first-order valence-electron chi connectivity index (χ1n) is 5.25. The highest BCUT2D eigenvalue weighted by molar-refractivity contribution is 5.93. The molecule has 5 heteroatoms. The number of nitrogens with zero attached hydrogens (tertiary/aromatic N) is 2. The molecule has 1 N–H and O–H groups in total. The molecule has 0 aliphatic carbocycles. The molecule has 0 bridgehead atoms. The van der Waals surface area contributed by atoms with E-state index in [1.54, 1.807) is 0 Å². The first kappa shape index (κ1) is 11.3. The minimum absolute atomic E-state index is 0.0816. The molecule has 1 aromatic heterocycles. The maximum Gasteiger partial charge on any atom is 0.325 e. The van der Waals surface area contributed by atoms with Gasteiger partial charge in [-0.25, -0.2) is 0 Å². The van der Waals surface area contributed by atoms with Crippen LogP contribution in [0.25, 0.3) is 10.8 Å². The van der Waals surface area contributed by atoms with Gasteiger partial charge in [-0.1, -0.05) is 24.3 Å². The van der Waals surface area contributed by atoms with E-state index >= 15 is 0 Å². The molecule has 0 saturated carbocycles. The molecule has 0 aliphatic rings. The molecular weight excluding hydrogens is 218 g/mol. The highest BCUT2D eigenvalue weighted by atomic mass is 16.5. The summed E-state index contributed by atoms with van der Waals surface area (Å²) in [5, 5.41) is 13.0. The summed E-state index contributed by atoms with van der Waals surface area (Å²) in [5.74, 6) is 0.257. The van der Waals surface area contributed by atoms with E-state index in [0.717, 1.165) is 16.5 Å². The van der Waals surface area contributed by atoms with Gasteiger partial charge in [0.05, 0.1) is 12.8 Å². The Labute approximate surface area is 98.8 Å². The van der Waals surface area contributed by atoms with Crippen molar-refractivity contribution in [1.29, 1.82) is 0 Å². The van der Waals surface area contributed by atoms with E-state index in [-0.39, 0.29) is 12.5 Å². The van der Waals surface area contributed by atoms with Crippen LogP contribution in [0, 0.1) is 6.92 Å². The number of benzene rings is 1. The normalized spacial score (nSPS) is 10.2. The molecule has 5 nitrogen and oxygen atoms in total. The predicted octanol–water partition coefficient (Wildman–Crippen LogP) is 1.52. The minimum Gasteiger partial charge on any atom is -0.468 e. The van der Waals surface area contributed by atoms with Gasteiger partial charge in [-0.15, -0.1) is 5.10 Å². The molecule has 0 aliphatic heterocycles. The molecule has 0 fully saturated rings. The number of carbonyl (C=O) groups is 1. The van der Waals surface area contributed by atoms with Crippen molar-refractivity contribution in [3.63, 3.8) is 0 Å². The fourth-order valence-electron chi connectivity index (χ4n) is 1.60. The second-order valence-electron chi connectivity index (χ2n) is 3.61. The number of carbonyl (C=O) groups excluding carboxylic acids is 1. The summed E-state index contributed by atoms with van der Waals surface area (Å²) < 4.78 is 4.56. The summed E-state index contributed by atoms with van der Waals surface area (Å²) in [7, 11) is 1.35. The van der Waals surface area contributed by atoms with Crippen molar-refractivity contribution < 1.29 is 9.53 Å². The number of nitrogens with one attached hydrogen (secondary N) is 1. The zero-order valence-corrected chi connectivity index (χ0v) is 9.73. The first-order valence-corrected chi connectivity index (χ1v) is 5.25. The van der Waals surface area contributed by atoms with Crippen molar-refractivity contribution in [2.24, 2.45) is 0 Å².